The first-order valence-corrected chi connectivity index (χ1v) is 6.52. The molecule has 0 radical (unpaired) electrons. The Labute approximate surface area is 115 Å². The van der Waals surface area contributed by atoms with Gasteiger partial charge in [-0.05, 0) is 6.42 Å². The summed E-state index contributed by atoms with van der Waals surface area (Å²) in [6.45, 7) is 1.41. The van der Waals surface area contributed by atoms with Crippen molar-refractivity contribution in [1.82, 2.24) is 25.3 Å². The van der Waals surface area contributed by atoms with E-state index in [1.54, 1.807) is 10.9 Å². The molecule has 1 fully saturated rings. The average molecular weight is 283 g/mol. The van der Waals surface area contributed by atoms with Crippen molar-refractivity contribution in [3.05, 3.63) is 11.3 Å². The predicted molar refractivity (Wildman–Crippen MR) is 72.2 cm³/mol. The topological polar surface area (TPSA) is 87.9 Å². The molecule has 2 atom stereocenters. The van der Waals surface area contributed by atoms with E-state index in [9.17, 15) is 5.11 Å². The number of piperidine rings is 1. The van der Waals surface area contributed by atoms with Crippen LogP contribution in [0.15, 0.2) is 6.20 Å². The lowest BCUT2D eigenvalue weighted by Gasteiger charge is -2.27. The molecule has 3 rings (SSSR count). The van der Waals surface area contributed by atoms with Crippen molar-refractivity contribution in [3.63, 3.8) is 0 Å². The number of hydrogen-bond acceptors (Lipinski definition) is 6. The molecular formula is C11H15ClN6O. The van der Waals surface area contributed by atoms with E-state index in [4.69, 9.17) is 11.6 Å². The van der Waals surface area contributed by atoms with Crippen LogP contribution in [0.5, 0.6) is 0 Å². The number of halogens is 1. The van der Waals surface area contributed by atoms with Gasteiger partial charge in [-0.1, -0.05) is 11.6 Å². The summed E-state index contributed by atoms with van der Waals surface area (Å²) in [4.78, 5) is 0. The molecule has 2 unspecified atom stereocenters. The van der Waals surface area contributed by atoms with Crippen LogP contribution in [0.2, 0.25) is 5.15 Å². The van der Waals surface area contributed by atoms with Crippen molar-refractivity contribution < 1.29 is 5.11 Å². The van der Waals surface area contributed by atoms with E-state index in [1.807, 2.05) is 7.05 Å². The summed E-state index contributed by atoms with van der Waals surface area (Å²) in [6.07, 6.45) is 2.06. The maximum atomic E-state index is 9.64. The van der Waals surface area contributed by atoms with E-state index >= 15 is 0 Å². The third kappa shape index (κ3) is 2.36. The number of fused-ring (bicyclic) bond motifs is 1. The first-order chi connectivity index (χ1) is 9.15. The van der Waals surface area contributed by atoms with Crippen LogP contribution in [0.4, 0.5) is 5.82 Å². The second kappa shape index (κ2) is 4.92. The number of anilines is 1. The summed E-state index contributed by atoms with van der Waals surface area (Å²) >= 11 is 6.03. The minimum atomic E-state index is -0.337. The largest absolute Gasteiger partial charge is 0.392 e. The number of aliphatic hydroxyl groups is 1. The number of aromatic nitrogens is 4. The molecule has 2 aromatic heterocycles. The van der Waals surface area contributed by atoms with Gasteiger partial charge in [-0.25, -0.2) is 0 Å². The van der Waals surface area contributed by atoms with Crippen LogP contribution in [0.25, 0.3) is 10.9 Å². The van der Waals surface area contributed by atoms with Crippen LogP contribution in [0.1, 0.15) is 6.42 Å². The molecule has 1 aliphatic heterocycles. The number of hydrogen-bond donors (Lipinski definition) is 3. The van der Waals surface area contributed by atoms with E-state index in [2.05, 4.69) is 25.9 Å². The molecule has 19 heavy (non-hydrogen) atoms. The SMILES string of the molecule is Cn1ncc2c(NC3CNCC(O)C3)nnc(Cl)c21. The first kappa shape index (κ1) is 12.6. The Balaban J connectivity index is 1.91. The van der Waals surface area contributed by atoms with Gasteiger partial charge in [-0.15, -0.1) is 10.2 Å². The molecule has 0 aliphatic carbocycles. The molecule has 2 aromatic rings. The highest BCUT2D eigenvalue weighted by Gasteiger charge is 2.21. The molecule has 0 spiro atoms. The molecule has 8 heteroatoms. The van der Waals surface area contributed by atoms with E-state index in [0.29, 0.717) is 23.9 Å². The minimum absolute atomic E-state index is 0.114. The molecule has 3 heterocycles. The van der Waals surface area contributed by atoms with Crippen molar-refractivity contribution >= 4 is 28.3 Å². The number of β-amino-alcohol motifs (C(OH)–C–C–N with tert-alkyl or cyclic N) is 1. The molecule has 1 aliphatic rings. The number of rotatable bonds is 2. The standard InChI is InChI=1S/C11H15ClN6O/c1-18-9-8(5-14-18)11(17-16-10(9)12)15-6-2-7(19)4-13-3-6/h5-7,13,19H,2-4H2,1H3,(H,15,17). The zero-order chi connectivity index (χ0) is 13.4. The van der Waals surface area contributed by atoms with Crippen LogP contribution in [-0.4, -0.2) is 50.3 Å². The Bertz CT molecular complexity index is 600. The van der Waals surface area contributed by atoms with Gasteiger partial charge < -0.3 is 15.7 Å². The molecule has 102 valence electrons. The summed E-state index contributed by atoms with van der Waals surface area (Å²) in [5.74, 6) is 0.647. The maximum Gasteiger partial charge on any atom is 0.177 e. The fourth-order valence-corrected chi connectivity index (χ4v) is 2.64. The van der Waals surface area contributed by atoms with Crippen molar-refractivity contribution in [1.29, 1.82) is 0 Å². The number of aliphatic hydroxyl groups excluding tert-OH is 1. The molecule has 7 nitrogen and oxygen atoms in total. The van der Waals surface area contributed by atoms with E-state index in [0.717, 1.165) is 17.4 Å². The lowest BCUT2D eigenvalue weighted by molar-refractivity contribution is 0.136. The maximum absolute atomic E-state index is 9.64. The fraction of sp³-hybridized carbons (Fsp3) is 0.545. The van der Waals surface area contributed by atoms with Gasteiger partial charge in [0, 0.05) is 26.2 Å². The van der Waals surface area contributed by atoms with Crippen LogP contribution >= 0.6 is 11.6 Å². The highest BCUT2D eigenvalue weighted by molar-refractivity contribution is 6.34. The number of nitrogens with zero attached hydrogens (tertiary/aromatic N) is 4. The summed E-state index contributed by atoms with van der Waals surface area (Å²) in [5.41, 5.74) is 0.753. The molecular weight excluding hydrogens is 268 g/mol. The molecule has 1 saturated heterocycles. The van der Waals surface area contributed by atoms with Gasteiger partial charge in [-0.2, -0.15) is 5.10 Å². The lowest BCUT2D eigenvalue weighted by atomic mass is 10.1. The van der Waals surface area contributed by atoms with Gasteiger partial charge in [0.05, 0.1) is 17.7 Å². The lowest BCUT2D eigenvalue weighted by Crippen LogP contribution is -2.45. The van der Waals surface area contributed by atoms with Gasteiger partial charge in [0.15, 0.2) is 11.0 Å². The van der Waals surface area contributed by atoms with Crippen LogP contribution in [0, 0.1) is 0 Å². The molecule has 0 bridgehead atoms. The first-order valence-electron chi connectivity index (χ1n) is 6.14. The molecule has 0 aromatic carbocycles. The monoisotopic (exact) mass is 282 g/mol. The average Bonchev–Trinajstić information content (AvgIpc) is 2.76. The number of aryl methyl sites for hydroxylation is 1. The highest BCUT2D eigenvalue weighted by Crippen LogP contribution is 2.26. The minimum Gasteiger partial charge on any atom is -0.392 e. The summed E-state index contributed by atoms with van der Waals surface area (Å²) in [6, 6.07) is 0.114. The summed E-state index contributed by atoms with van der Waals surface area (Å²) < 4.78 is 1.67. The van der Waals surface area contributed by atoms with Gasteiger partial charge in [0.2, 0.25) is 0 Å². The second-order valence-corrected chi connectivity index (χ2v) is 5.12. The Morgan fingerprint density at radius 3 is 3.11 bits per heavy atom. The number of nitrogens with one attached hydrogen (secondary N) is 2. The molecule has 3 N–H and O–H groups in total. The smallest absolute Gasteiger partial charge is 0.177 e. The van der Waals surface area contributed by atoms with Crippen LogP contribution < -0.4 is 10.6 Å². The normalized spacial score (nSPS) is 23.7. The van der Waals surface area contributed by atoms with Crippen LogP contribution in [-0.2, 0) is 7.05 Å². The van der Waals surface area contributed by atoms with E-state index in [-0.39, 0.29) is 12.1 Å². The van der Waals surface area contributed by atoms with Gasteiger partial charge in [-0.3, -0.25) is 4.68 Å². The fourth-order valence-electron chi connectivity index (χ4n) is 2.38. The Kier molecular flexibility index (Phi) is 3.26. The summed E-state index contributed by atoms with van der Waals surface area (Å²) in [5, 5.41) is 29.5. The van der Waals surface area contributed by atoms with E-state index < -0.39 is 0 Å². The van der Waals surface area contributed by atoms with Crippen molar-refractivity contribution in [2.75, 3.05) is 18.4 Å². The third-order valence-corrected chi connectivity index (χ3v) is 3.55. The summed E-state index contributed by atoms with van der Waals surface area (Å²) in [7, 11) is 1.81. The van der Waals surface area contributed by atoms with Crippen molar-refractivity contribution in [3.8, 4) is 0 Å². The molecule has 0 amide bonds. The third-order valence-electron chi connectivity index (χ3n) is 3.30. The highest BCUT2D eigenvalue weighted by atomic mass is 35.5. The Morgan fingerprint density at radius 1 is 1.47 bits per heavy atom. The van der Waals surface area contributed by atoms with Gasteiger partial charge in [0.25, 0.3) is 0 Å². The zero-order valence-corrected chi connectivity index (χ0v) is 11.2. The van der Waals surface area contributed by atoms with Crippen molar-refractivity contribution in [2.45, 2.75) is 18.6 Å². The Morgan fingerprint density at radius 2 is 2.32 bits per heavy atom. The van der Waals surface area contributed by atoms with Crippen molar-refractivity contribution in [2.24, 2.45) is 7.05 Å². The Hall–Kier alpha value is -1.44. The predicted octanol–water partition coefficient (Wildman–Crippen LogP) is 0.151. The zero-order valence-electron chi connectivity index (χ0n) is 10.5. The van der Waals surface area contributed by atoms with E-state index in [1.165, 1.54) is 0 Å². The van der Waals surface area contributed by atoms with Crippen LogP contribution in [0.3, 0.4) is 0 Å². The van der Waals surface area contributed by atoms with Gasteiger partial charge in [0.1, 0.15) is 5.52 Å². The quantitative estimate of drug-likeness (QED) is 0.727. The van der Waals surface area contributed by atoms with Gasteiger partial charge >= 0.3 is 0 Å². The molecule has 0 saturated carbocycles. The second-order valence-electron chi connectivity index (χ2n) is 4.76.